The summed E-state index contributed by atoms with van der Waals surface area (Å²) in [5, 5.41) is 0.796. The van der Waals surface area contributed by atoms with Crippen molar-refractivity contribution in [3.05, 3.63) is 52.5 Å². The number of likely N-dealkylation sites (N-methyl/N-ethyl adjacent to an activating group) is 1. The number of carbonyl (C=O) groups is 2. The lowest BCUT2D eigenvalue weighted by molar-refractivity contribution is -0.136. The molecule has 1 heterocycles. The Labute approximate surface area is 167 Å². The highest BCUT2D eigenvalue weighted by Crippen LogP contribution is 2.34. The number of ether oxygens (including phenoxy) is 2. The van der Waals surface area contributed by atoms with Crippen LogP contribution in [-0.2, 0) is 9.59 Å². The number of anilines is 1. The first kappa shape index (κ1) is 19.3. The number of halogens is 2. The number of hydrogen-bond donors (Lipinski definition) is 0. The number of para-hydroxylation sites is 2. The van der Waals surface area contributed by atoms with E-state index in [1.807, 2.05) is 0 Å². The fraction of sp³-hybridized carbons (Fsp3) is 0.263. The fourth-order valence-electron chi connectivity index (χ4n) is 2.70. The summed E-state index contributed by atoms with van der Waals surface area (Å²) in [6, 6.07) is 11.8. The van der Waals surface area contributed by atoms with Crippen molar-refractivity contribution in [3.63, 3.8) is 0 Å². The molecule has 1 atom stereocenters. The molecule has 142 valence electrons. The maximum absolute atomic E-state index is 12.8. The van der Waals surface area contributed by atoms with E-state index in [0.29, 0.717) is 27.2 Å². The standard InChI is InChI=1S/C19H18Cl2N2O4/c1-22(2)19(25)17-10-23(14-5-3-4-6-16(14)27-17)18(24)11-26-15-8-7-12(20)9-13(15)21/h3-9,17H,10-11H2,1-2H3. The van der Waals surface area contributed by atoms with Gasteiger partial charge in [0.15, 0.2) is 12.7 Å². The molecule has 27 heavy (non-hydrogen) atoms. The Balaban J connectivity index is 1.78. The van der Waals surface area contributed by atoms with Gasteiger partial charge in [-0.3, -0.25) is 9.59 Å². The van der Waals surface area contributed by atoms with Crippen LogP contribution < -0.4 is 14.4 Å². The molecule has 2 aromatic carbocycles. The predicted molar refractivity (Wildman–Crippen MR) is 104 cm³/mol. The molecule has 8 heteroatoms. The molecule has 1 unspecified atom stereocenters. The second kappa shape index (κ2) is 8.06. The van der Waals surface area contributed by atoms with Crippen LogP contribution in [0.25, 0.3) is 0 Å². The summed E-state index contributed by atoms with van der Waals surface area (Å²) >= 11 is 11.9. The molecule has 0 fully saturated rings. The Kier molecular flexibility index (Phi) is 5.77. The largest absolute Gasteiger partial charge is 0.482 e. The fourth-order valence-corrected chi connectivity index (χ4v) is 3.16. The summed E-state index contributed by atoms with van der Waals surface area (Å²) in [7, 11) is 3.29. The quantitative estimate of drug-likeness (QED) is 0.778. The first-order chi connectivity index (χ1) is 12.9. The van der Waals surface area contributed by atoms with E-state index in [9.17, 15) is 9.59 Å². The summed E-state index contributed by atoms with van der Waals surface area (Å²) in [6.07, 6.45) is -0.780. The maximum Gasteiger partial charge on any atom is 0.265 e. The number of benzene rings is 2. The minimum Gasteiger partial charge on any atom is -0.482 e. The molecule has 0 aromatic heterocycles. The van der Waals surface area contributed by atoms with Gasteiger partial charge in [-0.05, 0) is 30.3 Å². The predicted octanol–water partition coefficient (Wildman–Crippen LogP) is 3.25. The van der Waals surface area contributed by atoms with Gasteiger partial charge >= 0.3 is 0 Å². The van der Waals surface area contributed by atoms with Crippen LogP contribution in [0.15, 0.2) is 42.5 Å². The van der Waals surface area contributed by atoms with Crippen LogP contribution in [-0.4, -0.2) is 50.1 Å². The molecule has 0 aliphatic carbocycles. The SMILES string of the molecule is CN(C)C(=O)C1CN(C(=O)COc2ccc(Cl)cc2Cl)c2ccccc2O1. The Bertz CT molecular complexity index is 873. The summed E-state index contributed by atoms with van der Waals surface area (Å²) in [6.45, 7) is -0.136. The summed E-state index contributed by atoms with van der Waals surface area (Å²) < 4.78 is 11.3. The van der Waals surface area contributed by atoms with Crippen molar-refractivity contribution in [2.45, 2.75) is 6.10 Å². The van der Waals surface area contributed by atoms with Gasteiger partial charge in [-0.15, -0.1) is 0 Å². The normalized spacial score (nSPS) is 15.6. The van der Waals surface area contributed by atoms with Crippen molar-refractivity contribution >= 4 is 40.7 Å². The molecule has 1 aliphatic heterocycles. The number of amides is 2. The molecular formula is C19H18Cl2N2O4. The van der Waals surface area contributed by atoms with E-state index >= 15 is 0 Å². The minimum atomic E-state index is -0.780. The van der Waals surface area contributed by atoms with Gasteiger partial charge in [0.2, 0.25) is 0 Å². The zero-order chi connectivity index (χ0) is 19.6. The Morgan fingerprint density at radius 2 is 1.96 bits per heavy atom. The van der Waals surface area contributed by atoms with Crippen LogP contribution >= 0.6 is 23.2 Å². The van der Waals surface area contributed by atoms with E-state index in [2.05, 4.69) is 0 Å². The second-order valence-corrected chi connectivity index (χ2v) is 7.02. The Hall–Kier alpha value is -2.44. The molecule has 0 radical (unpaired) electrons. The van der Waals surface area contributed by atoms with Gasteiger partial charge in [-0.1, -0.05) is 35.3 Å². The van der Waals surface area contributed by atoms with Gasteiger partial charge in [0.05, 0.1) is 17.3 Å². The molecular weight excluding hydrogens is 391 g/mol. The van der Waals surface area contributed by atoms with Crippen LogP contribution in [0.3, 0.4) is 0 Å². The molecule has 0 saturated heterocycles. The van der Waals surface area contributed by atoms with Crippen molar-refractivity contribution in [1.82, 2.24) is 4.90 Å². The molecule has 1 aliphatic rings. The average molecular weight is 409 g/mol. The van der Waals surface area contributed by atoms with Crippen molar-refractivity contribution in [1.29, 1.82) is 0 Å². The van der Waals surface area contributed by atoms with Crippen LogP contribution in [0.4, 0.5) is 5.69 Å². The van der Waals surface area contributed by atoms with E-state index in [0.717, 1.165) is 0 Å². The number of nitrogens with zero attached hydrogens (tertiary/aromatic N) is 2. The first-order valence-corrected chi connectivity index (χ1v) is 8.97. The monoisotopic (exact) mass is 408 g/mol. The van der Waals surface area contributed by atoms with Crippen molar-refractivity contribution < 1.29 is 19.1 Å². The summed E-state index contributed by atoms with van der Waals surface area (Å²) in [5.41, 5.74) is 0.594. The van der Waals surface area contributed by atoms with Gasteiger partial charge in [0.25, 0.3) is 11.8 Å². The molecule has 0 N–H and O–H groups in total. The third kappa shape index (κ3) is 4.28. The Morgan fingerprint density at radius 3 is 2.67 bits per heavy atom. The lowest BCUT2D eigenvalue weighted by atomic mass is 10.1. The van der Waals surface area contributed by atoms with Gasteiger partial charge in [-0.2, -0.15) is 0 Å². The highest BCUT2D eigenvalue weighted by molar-refractivity contribution is 6.35. The number of carbonyl (C=O) groups excluding carboxylic acids is 2. The lowest BCUT2D eigenvalue weighted by Crippen LogP contribution is -2.51. The van der Waals surface area contributed by atoms with Crippen LogP contribution in [0, 0.1) is 0 Å². The minimum absolute atomic E-state index is 0.102. The van der Waals surface area contributed by atoms with Gasteiger partial charge < -0.3 is 19.3 Å². The van der Waals surface area contributed by atoms with E-state index < -0.39 is 6.10 Å². The third-order valence-corrected chi connectivity index (χ3v) is 4.57. The molecule has 2 amide bonds. The average Bonchev–Trinajstić information content (AvgIpc) is 2.65. The summed E-state index contributed by atoms with van der Waals surface area (Å²) in [4.78, 5) is 28.1. The molecule has 2 aromatic rings. The Morgan fingerprint density at radius 1 is 1.22 bits per heavy atom. The number of fused-ring (bicyclic) bond motifs is 1. The van der Waals surface area contributed by atoms with Gasteiger partial charge in [-0.25, -0.2) is 0 Å². The van der Waals surface area contributed by atoms with E-state index in [4.69, 9.17) is 32.7 Å². The summed E-state index contributed by atoms with van der Waals surface area (Å²) in [5.74, 6) is 0.302. The zero-order valence-corrected chi connectivity index (χ0v) is 16.3. The van der Waals surface area contributed by atoms with Crippen molar-refractivity contribution in [2.75, 3.05) is 32.1 Å². The van der Waals surface area contributed by atoms with Crippen molar-refractivity contribution in [3.8, 4) is 11.5 Å². The van der Waals surface area contributed by atoms with Crippen LogP contribution in [0.5, 0.6) is 11.5 Å². The van der Waals surface area contributed by atoms with Crippen molar-refractivity contribution in [2.24, 2.45) is 0 Å². The molecule has 0 saturated carbocycles. The van der Waals surface area contributed by atoms with Gasteiger partial charge in [0.1, 0.15) is 11.5 Å². The molecule has 3 rings (SSSR count). The topological polar surface area (TPSA) is 59.1 Å². The lowest BCUT2D eigenvalue weighted by Gasteiger charge is -2.35. The van der Waals surface area contributed by atoms with Gasteiger partial charge in [0, 0.05) is 19.1 Å². The highest BCUT2D eigenvalue weighted by atomic mass is 35.5. The second-order valence-electron chi connectivity index (χ2n) is 6.17. The van der Waals surface area contributed by atoms with Crippen LogP contribution in [0.1, 0.15) is 0 Å². The molecule has 6 nitrogen and oxygen atoms in total. The molecule has 0 bridgehead atoms. The van der Waals surface area contributed by atoms with E-state index in [1.165, 1.54) is 9.80 Å². The number of hydrogen-bond acceptors (Lipinski definition) is 4. The number of rotatable bonds is 4. The maximum atomic E-state index is 12.8. The van der Waals surface area contributed by atoms with E-state index in [1.54, 1.807) is 56.6 Å². The highest BCUT2D eigenvalue weighted by Gasteiger charge is 2.34. The molecule has 0 spiro atoms. The zero-order valence-electron chi connectivity index (χ0n) is 14.8. The first-order valence-electron chi connectivity index (χ1n) is 8.22. The third-order valence-electron chi connectivity index (χ3n) is 4.04. The van der Waals surface area contributed by atoms with Crippen LogP contribution in [0.2, 0.25) is 10.0 Å². The smallest absolute Gasteiger partial charge is 0.265 e. The van der Waals surface area contributed by atoms with E-state index in [-0.39, 0.29) is 25.0 Å².